The van der Waals surface area contributed by atoms with Crippen LogP contribution in [0, 0.1) is 11.3 Å². The number of nitrogens with zero attached hydrogens (tertiary/aromatic N) is 3. The molecule has 1 aromatic carbocycles. The zero-order valence-electron chi connectivity index (χ0n) is 25.6. The van der Waals surface area contributed by atoms with Crippen LogP contribution in [0.5, 0.6) is 5.75 Å². The number of benzene rings is 1. The molecule has 2 N–H and O–H groups in total. The number of ether oxygens (including phenoxy) is 1. The van der Waals surface area contributed by atoms with Crippen LogP contribution in [0.1, 0.15) is 107 Å². The number of aromatic hydroxyl groups is 1. The Kier molecular flexibility index (Phi) is 11.4. The van der Waals surface area contributed by atoms with Gasteiger partial charge in [0.15, 0.2) is 5.78 Å². The Bertz CT molecular complexity index is 1200. The number of nitrogens with one attached hydrogen (secondary N) is 1. The van der Waals surface area contributed by atoms with Gasteiger partial charge in [-0.1, -0.05) is 68.2 Å². The van der Waals surface area contributed by atoms with Gasteiger partial charge in [0.05, 0.1) is 19.8 Å². The monoisotopic (exact) mass is 620 g/mol. The van der Waals surface area contributed by atoms with Crippen LogP contribution in [0.4, 0.5) is 0 Å². The zero-order chi connectivity index (χ0) is 29.1. The number of halogens is 1. The number of Topliss-reactive ketones (excluding diaryl/α,β-unsaturated/α-hetero) is 1. The molecule has 0 atom stereocenters. The fourth-order valence-electron chi connectivity index (χ4n) is 5.19. The van der Waals surface area contributed by atoms with Crippen LogP contribution in [-0.2, 0) is 28.7 Å². The molecule has 2 heterocycles. The molecule has 0 saturated carbocycles. The van der Waals surface area contributed by atoms with Crippen molar-refractivity contribution in [2.24, 2.45) is 5.92 Å². The van der Waals surface area contributed by atoms with E-state index in [1.54, 1.807) is 32.4 Å². The summed E-state index contributed by atoms with van der Waals surface area (Å²) in [6.45, 7) is 19.0. The molecular formula is C31H49BrN4O4. The molecule has 1 aliphatic rings. The number of hydrogen-bond acceptors (Lipinski definition) is 5. The van der Waals surface area contributed by atoms with Crippen molar-refractivity contribution in [2.45, 2.75) is 98.6 Å². The van der Waals surface area contributed by atoms with Gasteiger partial charge in [0.25, 0.3) is 5.91 Å². The second-order valence-electron chi connectivity index (χ2n) is 12.8. The van der Waals surface area contributed by atoms with Gasteiger partial charge in [-0.2, -0.15) is 0 Å². The summed E-state index contributed by atoms with van der Waals surface area (Å²) >= 11 is 0. The first-order valence-corrected chi connectivity index (χ1v) is 14.3. The number of hydrogen-bond donors (Lipinski definition) is 2. The summed E-state index contributed by atoms with van der Waals surface area (Å²) in [6.07, 6.45) is 4.63. The van der Waals surface area contributed by atoms with Crippen LogP contribution < -0.4 is 5.62 Å². The van der Waals surface area contributed by atoms with E-state index in [4.69, 9.17) is 10.1 Å². The summed E-state index contributed by atoms with van der Waals surface area (Å²) in [5.41, 5.74) is 1.82. The second kappa shape index (κ2) is 13.5. The molecule has 1 amide bonds. The lowest BCUT2D eigenvalue weighted by atomic mass is 9.78. The molecule has 2 aromatic rings. The summed E-state index contributed by atoms with van der Waals surface area (Å²) in [5.74, 6) is 0.451. The van der Waals surface area contributed by atoms with Gasteiger partial charge in [0.1, 0.15) is 11.4 Å². The van der Waals surface area contributed by atoms with Gasteiger partial charge >= 0.3 is 0 Å². The van der Waals surface area contributed by atoms with E-state index in [1.165, 1.54) is 0 Å². The van der Waals surface area contributed by atoms with E-state index in [1.807, 2.05) is 41.5 Å². The van der Waals surface area contributed by atoms with Crippen LogP contribution in [0.15, 0.2) is 18.3 Å². The number of morpholine rings is 1. The predicted octanol–water partition coefficient (Wildman–Crippen LogP) is 5.83. The van der Waals surface area contributed by atoms with Crippen molar-refractivity contribution in [3.8, 4) is 5.75 Å². The van der Waals surface area contributed by atoms with Crippen LogP contribution >= 0.6 is 17.0 Å². The van der Waals surface area contributed by atoms with Crippen molar-refractivity contribution in [3.63, 3.8) is 0 Å². The number of aromatic nitrogens is 2. The Labute approximate surface area is 250 Å². The van der Waals surface area contributed by atoms with Gasteiger partial charge in [0.2, 0.25) is 5.62 Å². The van der Waals surface area contributed by atoms with Crippen molar-refractivity contribution >= 4 is 28.7 Å². The van der Waals surface area contributed by atoms with E-state index in [0.29, 0.717) is 50.0 Å². The van der Waals surface area contributed by atoms with E-state index in [0.717, 1.165) is 30.4 Å². The number of amides is 1. The number of carbonyl (C=O) groups excluding carboxylic acids is 2. The number of phenols is 1. The van der Waals surface area contributed by atoms with Gasteiger partial charge < -0.3 is 23.9 Å². The van der Waals surface area contributed by atoms with Gasteiger partial charge in [-0.05, 0) is 35.3 Å². The van der Waals surface area contributed by atoms with Gasteiger partial charge in [0, 0.05) is 42.5 Å². The molecule has 1 aromatic heterocycles. The average molecular weight is 622 g/mol. The first-order valence-electron chi connectivity index (χ1n) is 14.3. The molecule has 0 unspecified atom stereocenters. The van der Waals surface area contributed by atoms with Crippen molar-refractivity contribution in [1.82, 2.24) is 14.0 Å². The summed E-state index contributed by atoms with van der Waals surface area (Å²) in [5, 5.41) is 20.0. The Hall–Kier alpha value is -2.39. The molecule has 0 aliphatic carbocycles. The highest BCUT2D eigenvalue weighted by Crippen LogP contribution is 2.40. The standard InChI is InChI=1S/C31H48N4O4.BrH/c1-9-21(10-2)11-12-35-25(28(38)33-13-15-39-16-14-33)19-34(29(35)32)20-26(36)22-17-23(30(3,4)5)27(37)24(18-22)31(6,7)8;/h17-19,21,32,37H,9-16,20H2,1-8H3;1H. The highest BCUT2D eigenvalue weighted by Gasteiger charge is 2.29. The summed E-state index contributed by atoms with van der Waals surface area (Å²) in [7, 11) is 0. The third-order valence-corrected chi connectivity index (χ3v) is 7.89. The molecule has 40 heavy (non-hydrogen) atoms. The summed E-state index contributed by atoms with van der Waals surface area (Å²) < 4.78 is 8.78. The minimum absolute atomic E-state index is 0. The third kappa shape index (κ3) is 7.66. The Morgan fingerprint density at radius 2 is 1.52 bits per heavy atom. The fraction of sp³-hybridized carbons (Fsp3) is 0.645. The molecule has 1 fully saturated rings. The lowest BCUT2D eigenvalue weighted by Gasteiger charge is -2.28. The van der Waals surface area contributed by atoms with E-state index < -0.39 is 0 Å². The first-order chi connectivity index (χ1) is 18.2. The van der Waals surface area contributed by atoms with E-state index >= 15 is 0 Å². The van der Waals surface area contributed by atoms with Crippen molar-refractivity contribution in [1.29, 1.82) is 5.41 Å². The van der Waals surface area contributed by atoms with Crippen LogP contribution in [0.3, 0.4) is 0 Å². The molecule has 3 rings (SSSR count). The van der Waals surface area contributed by atoms with E-state index in [-0.39, 0.29) is 57.4 Å². The molecular weight excluding hydrogens is 572 g/mol. The normalized spacial score (nSPS) is 14.4. The van der Waals surface area contributed by atoms with E-state index in [2.05, 4.69) is 13.8 Å². The summed E-state index contributed by atoms with van der Waals surface area (Å²) in [6, 6.07) is 3.56. The van der Waals surface area contributed by atoms with E-state index in [9.17, 15) is 14.7 Å². The topological polar surface area (TPSA) is 101 Å². The Morgan fingerprint density at radius 1 is 1.00 bits per heavy atom. The number of carbonyl (C=O) groups is 2. The van der Waals surface area contributed by atoms with Crippen molar-refractivity contribution < 1.29 is 19.4 Å². The van der Waals surface area contributed by atoms with Crippen molar-refractivity contribution in [2.75, 3.05) is 26.3 Å². The minimum Gasteiger partial charge on any atom is -0.507 e. The molecule has 1 aliphatic heterocycles. The number of ketones is 1. The second-order valence-corrected chi connectivity index (χ2v) is 12.8. The van der Waals surface area contributed by atoms with Crippen LogP contribution in [0.2, 0.25) is 0 Å². The Morgan fingerprint density at radius 3 is 2.00 bits per heavy atom. The smallest absolute Gasteiger partial charge is 0.272 e. The maximum absolute atomic E-state index is 13.7. The van der Waals surface area contributed by atoms with Crippen molar-refractivity contribution in [3.05, 3.63) is 46.3 Å². The van der Waals surface area contributed by atoms with Crippen LogP contribution in [-0.4, -0.2) is 57.1 Å². The molecule has 1 saturated heterocycles. The lowest BCUT2D eigenvalue weighted by Crippen LogP contribution is -2.42. The molecule has 0 spiro atoms. The number of imidazole rings is 1. The van der Waals surface area contributed by atoms with Gasteiger partial charge in [-0.3, -0.25) is 15.0 Å². The lowest BCUT2D eigenvalue weighted by molar-refractivity contribution is 0.0295. The quantitative estimate of drug-likeness (QED) is 0.344. The fourth-order valence-corrected chi connectivity index (χ4v) is 5.19. The molecule has 8 nitrogen and oxygen atoms in total. The largest absolute Gasteiger partial charge is 0.507 e. The Balaban J connectivity index is 0.00000560. The minimum atomic E-state index is -0.357. The molecule has 0 radical (unpaired) electrons. The predicted molar refractivity (Wildman–Crippen MR) is 164 cm³/mol. The molecule has 224 valence electrons. The SMILES string of the molecule is Br.CCC(CC)CCn1c(C(=O)N2CCOCC2)cn(CC(=O)c2cc(C(C)(C)C)c(O)c(C(C)(C)C)c2)c1=N. The van der Waals surface area contributed by atoms with Crippen LogP contribution in [0.25, 0.3) is 0 Å². The van der Waals surface area contributed by atoms with Gasteiger partial charge in [-0.25, -0.2) is 0 Å². The summed E-state index contributed by atoms with van der Waals surface area (Å²) in [4.78, 5) is 29.0. The maximum atomic E-state index is 13.7. The third-order valence-electron chi connectivity index (χ3n) is 7.89. The highest BCUT2D eigenvalue weighted by molar-refractivity contribution is 8.93. The zero-order valence-corrected chi connectivity index (χ0v) is 27.3. The molecule has 9 heteroatoms. The molecule has 0 bridgehead atoms. The number of phenolic OH excluding ortho intramolecular Hbond substituents is 1. The average Bonchev–Trinajstić information content (AvgIpc) is 3.18. The first kappa shape index (κ1) is 33.8. The van der Waals surface area contributed by atoms with Gasteiger partial charge in [-0.15, -0.1) is 17.0 Å². The number of rotatable bonds is 9. The maximum Gasteiger partial charge on any atom is 0.272 e. The highest BCUT2D eigenvalue weighted by atomic mass is 79.9.